The van der Waals surface area contributed by atoms with Crippen LogP contribution in [-0.2, 0) is 0 Å². The van der Waals surface area contributed by atoms with Crippen molar-refractivity contribution in [1.82, 2.24) is 48.6 Å². The van der Waals surface area contributed by atoms with Gasteiger partial charge in [-0.2, -0.15) is 10.2 Å². The van der Waals surface area contributed by atoms with Gasteiger partial charge >= 0.3 is 0 Å². The fourth-order valence-corrected chi connectivity index (χ4v) is 6.50. The van der Waals surface area contributed by atoms with Crippen LogP contribution in [0.5, 0.6) is 0 Å². The number of hydrogen-bond acceptors (Lipinski definition) is 6. The maximum absolute atomic E-state index is 13.3. The number of imidazole rings is 2. The summed E-state index contributed by atoms with van der Waals surface area (Å²) in [7, 11) is 0. The topological polar surface area (TPSA) is 97.1 Å². The van der Waals surface area contributed by atoms with Crippen molar-refractivity contribution in [2.24, 2.45) is 0 Å². The van der Waals surface area contributed by atoms with Crippen LogP contribution in [0.4, 0.5) is 4.39 Å². The average Bonchev–Trinajstić information content (AvgIpc) is 4.05. The maximum atomic E-state index is 13.3. The zero-order valence-corrected chi connectivity index (χ0v) is 29.1. The van der Waals surface area contributed by atoms with Crippen LogP contribution in [-0.4, -0.2) is 48.6 Å². The van der Waals surface area contributed by atoms with E-state index in [4.69, 9.17) is 11.6 Å². The highest BCUT2D eigenvalue weighted by Crippen LogP contribution is 2.29. The third-order valence-corrected chi connectivity index (χ3v) is 9.25. The standard InChI is InChI=1S/C21H14ClN5.C21H14FN5/c2*22-16-2-4-18(5-3-16)27-20(9-12-25-27)15-1-6-19-21(13-15)26(14-24-19)17-7-10-23-11-8-17/h2*1-14H. The molecule has 0 aliphatic heterocycles. The van der Waals surface area contributed by atoms with Crippen LogP contribution in [0.25, 0.3) is 67.3 Å². The maximum Gasteiger partial charge on any atom is 0.123 e. The molecule has 12 heteroatoms. The molecule has 0 N–H and O–H groups in total. The Bertz CT molecular complexity index is 2640. The zero-order chi connectivity index (χ0) is 36.4. The molecule has 0 aliphatic carbocycles. The van der Waals surface area contributed by atoms with Gasteiger partial charge in [0.05, 0.1) is 68.6 Å². The summed E-state index contributed by atoms with van der Waals surface area (Å²) >= 11 is 6.01. The number of halogens is 2. The van der Waals surface area contributed by atoms with Gasteiger partial charge in [-0.1, -0.05) is 23.7 Å². The molecule has 10 nitrogen and oxygen atoms in total. The molecule has 0 bridgehead atoms. The van der Waals surface area contributed by atoms with E-state index in [0.717, 1.165) is 67.3 Å². The van der Waals surface area contributed by atoms with Gasteiger partial charge in [-0.15, -0.1) is 0 Å². The number of pyridine rings is 2. The number of nitrogens with zero attached hydrogens (tertiary/aromatic N) is 10. The summed E-state index contributed by atoms with van der Waals surface area (Å²) in [6.07, 6.45) is 14.3. The van der Waals surface area contributed by atoms with E-state index in [-0.39, 0.29) is 5.82 Å². The lowest BCUT2D eigenvalue weighted by Gasteiger charge is -2.09. The Kier molecular flexibility index (Phi) is 8.50. The summed E-state index contributed by atoms with van der Waals surface area (Å²) < 4.78 is 21.0. The van der Waals surface area contributed by atoms with E-state index in [1.54, 1.807) is 60.3 Å². The molecule has 10 aromatic rings. The van der Waals surface area contributed by atoms with Gasteiger partial charge in [0.2, 0.25) is 0 Å². The van der Waals surface area contributed by atoms with Crippen LogP contribution < -0.4 is 0 Å². The van der Waals surface area contributed by atoms with Gasteiger partial charge in [0.25, 0.3) is 0 Å². The Morgan fingerprint density at radius 1 is 0.444 bits per heavy atom. The molecule has 0 fully saturated rings. The van der Waals surface area contributed by atoms with Crippen LogP contribution in [0, 0.1) is 5.82 Å². The Morgan fingerprint density at radius 2 is 0.889 bits per heavy atom. The smallest absolute Gasteiger partial charge is 0.123 e. The summed E-state index contributed by atoms with van der Waals surface area (Å²) in [5, 5.41) is 9.59. The van der Waals surface area contributed by atoms with Crippen molar-refractivity contribution >= 4 is 33.7 Å². The fraction of sp³-hybridized carbons (Fsp3) is 0. The molecule has 260 valence electrons. The molecule has 0 amide bonds. The second-order valence-electron chi connectivity index (χ2n) is 12.3. The van der Waals surface area contributed by atoms with E-state index in [1.165, 1.54) is 12.1 Å². The van der Waals surface area contributed by atoms with Gasteiger partial charge in [0, 0.05) is 40.9 Å². The van der Waals surface area contributed by atoms with Gasteiger partial charge in [-0.05, 0) is 109 Å². The van der Waals surface area contributed by atoms with Crippen molar-refractivity contribution in [3.05, 3.63) is 182 Å². The molecule has 54 heavy (non-hydrogen) atoms. The molecule has 0 saturated carbocycles. The largest absolute Gasteiger partial charge is 0.299 e. The first-order valence-electron chi connectivity index (χ1n) is 16.9. The van der Waals surface area contributed by atoms with Crippen LogP contribution in [0.15, 0.2) is 171 Å². The van der Waals surface area contributed by atoms with Crippen molar-refractivity contribution in [3.63, 3.8) is 0 Å². The molecule has 0 radical (unpaired) electrons. The van der Waals surface area contributed by atoms with Crippen LogP contribution in [0.2, 0.25) is 5.02 Å². The molecule has 0 spiro atoms. The first kappa shape index (κ1) is 32.7. The van der Waals surface area contributed by atoms with Crippen LogP contribution >= 0.6 is 11.6 Å². The Morgan fingerprint density at radius 3 is 1.35 bits per heavy atom. The predicted octanol–water partition coefficient (Wildman–Crippen LogP) is 9.34. The van der Waals surface area contributed by atoms with Crippen LogP contribution in [0.1, 0.15) is 0 Å². The molecule has 0 aliphatic rings. The van der Waals surface area contributed by atoms with E-state index in [1.807, 2.05) is 94.4 Å². The van der Waals surface area contributed by atoms with Crippen molar-refractivity contribution in [2.75, 3.05) is 0 Å². The summed E-state index contributed by atoms with van der Waals surface area (Å²) in [6, 6.07) is 38.0. The minimum absolute atomic E-state index is 0.268. The number of aromatic nitrogens is 10. The average molecular weight is 727 g/mol. The highest BCUT2D eigenvalue weighted by molar-refractivity contribution is 6.30. The van der Waals surface area contributed by atoms with Gasteiger partial charge in [-0.3, -0.25) is 19.1 Å². The van der Waals surface area contributed by atoms with E-state index >= 15 is 0 Å². The molecular weight excluding hydrogens is 699 g/mol. The molecule has 4 aromatic carbocycles. The van der Waals surface area contributed by atoms with Gasteiger partial charge < -0.3 is 0 Å². The third kappa shape index (κ3) is 6.29. The second kappa shape index (κ2) is 14.1. The van der Waals surface area contributed by atoms with E-state index in [9.17, 15) is 4.39 Å². The fourth-order valence-electron chi connectivity index (χ4n) is 6.37. The lowest BCUT2D eigenvalue weighted by atomic mass is 10.1. The first-order valence-corrected chi connectivity index (χ1v) is 17.3. The lowest BCUT2D eigenvalue weighted by molar-refractivity contribution is 0.627. The number of fused-ring (bicyclic) bond motifs is 2. The molecule has 0 unspecified atom stereocenters. The van der Waals surface area contributed by atoms with E-state index in [2.05, 4.69) is 52.9 Å². The summed E-state index contributed by atoms with van der Waals surface area (Å²) in [6.45, 7) is 0. The minimum atomic E-state index is -0.268. The van der Waals surface area contributed by atoms with Gasteiger partial charge in [0.1, 0.15) is 18.5 Å². The highest BCUT2D eigenvalue weighted by Gasteiger charge is 2.13. The number of hydrogen-bond donors (Lipinski definition) is 0. The molecule has 0 saturated heterocycles. The molecule has 10 rings (SSSR count). The minimum Gasteiger partial charge on any atom is -0.299 e. The van der Waals surface area contributed by atoms with Crippen molar-refractivity contribution < 1.29 is 4.39 Å². The predicted molar refractivity (Wildman–Crippen MR) is 208 cm³/mol. The molecule has 6 heterocycles. The SMILES string of the molecule is Clc1ccc(-n2nccc2-c2ccc3ncn(-c4ccncc4)c3c2)cc1.Fc1ccc(-n2nccc2-c2ccc3ncn(-c4ccncc4)c3c2)cc1. The van der Waals surface area contributed by atoms with E-state index < -0.39 is 0 Å². The van der Waals surface area contributed by atoms with Crippen molar-refractivity contribution in [1.29, 1.82) is 0 Å². The summed E-state index contributed by atoms with van der Waals surface area (Å²) in [5.74, 6) is -0.268. The van der Waals surface area contributed by atoms with Crippen molar-refractivity contribution in [2.45, 2.75) is 0 Å². The molecular formula is C42H28ClFN10. The highest BCUT2D eigenvalue weighted by atomic mass is 35.5. The monoisotopic (exact) mass is 726 g/mol. The normalized spacial score (nSPS) is 11.1. The Hall–Kier alpha value is -7.24. The lowest BCUT2D eigenvalue weighted by Crippen LogP contribution is -1.99. The number of benzene rings is 4. The number of rotatable bonds is 6. The quantitative estimate of drug-likeness (QED) is 0.169. The van der Waals surface area contributed by atoms with Gasteiger partial charge in [0.15, 0.2) is 0 Å². The third-order valence-electron chi connectivity index (χ3n) is 9.00. The summed E-state index contributed by atoms with van der Waals surface area (Å²) in [5.41, 5.74) is 11.6. The van der Waals surface area contributed by atoms with Crippen LogP contribution in [0.3, 0.4) is 0 Å². The molecule has 6 aromatic heterocycles. The summed E-state index contributed by atoms with van der Waals surface area (Å²) in [4.78, 5) is 17.2. The Labute approximate surface area is 313 Å². The van der Waals surface area contributed by atoms with Crippen molar-refractivity contribution in [3.8, 4) is 45.3 Å². The first-order chi connectivity index (χ1) is 26.6. The second-order valence-corrected chi connectivity index (χ2v) is 12.7. The zero-order valence-electron chi connectivity index (χ0n) is 28.4. The van der Waals surface area contributed by atoms with E-state index in [0.29, 0.717) is 5.02 Å². The Balaban J connectivity index is 0.000000142. The molecule has 0 atom stereocenters. The van der Waals surface area contributed by atoms with Gasteiger partial charge in [-0.25, -0.2) is 23.7 Å².